The molecule has 0 spiro atoms. The van der Waals surface area contributed by atoms with Gasteiger partial charge < -0.3 is 26.2 Å². The van der Waals surface area contributed by atoms with Crippen LogP contribution in [0.5, 0.6) is 5.75 Å². The number of hydrogen-bond acceptors (Lipinski definition) is 6. The second kappa shape index (κ2) is 7.32. The molecule has 0 aromatic heterocycles. The van der Waals surface area contributed by atoms with Crippen molar-refractivity contribution in [1.29, 1.82) is 0 Å². The van der Waals surface area contributed by atoms with E-state index in [9.17, 15) is 14.4 Å². The number of anilines is 1. The quantitative estimate of drug-likeness (QED) is 0.459. The first-order valence-electron chi connectivity index (χ1n) is 7.66. The van der Waals surface area contributed by atoms with Crippen LogP contribution < -0.4 is 11.1 Å². The number of aliphatic carboxylic acids is 1. The Morgan fingerprint density at radius 2 is 1.96 bits per heavy atom. The maximum absolute atomic E-state index is 11.2. The Kier molecular flexibility index (Phi) is 5.58. The van der Waals surface area contributed by atoms with Crippen LogP contribution in [0.4, 0.5) is 5.69 Å². The van der Waals surface area contributed by atoms with Crippen molar-refractivity contribution < 1.29 is 24.6 Å². The number of rotatable bonds is 3. The summed E-state index contributed by atoms with van der Waals surface area (Å²) in [5.74, 6) is -1.01. The number of carbonyl (C=O) groups excluding carboxylic acids is 2. The van der Waals surface area contributed by atoms with E-state index in [0.29, 0.717) is 12.1 Å². The van der Waals surface area contributed by atoms with Gasteiger partial charge in [-0.05, 0) is 38.1 Å². The molecule has 2 heterocycles. The molecule has 1 aromatic rings. The fraction of sp³-hybridized carbons (Fsp3) is 0.438. The Hall–Kier alpha value is -2.26. The molecule has 2 saturated heterocycles. The van der Waals surface area contributed by atoms with Gasteiger partial charge in [0.2, 0.25) is 11.8 Å². The molecule has 2 amide bonds. The number of hydrogen-bond donors (Lipinski definition) is 4. The number of carbonyl (C=O) groups is 3. The van der Waals surface area contributed by atoms with Gasteiger partial charge in [0.05, 0.1) is 18.3 Å². The van der Waals surface area contributed by atoms with Gasteiger partial charge in [-0.3, -0.25) is 9.59 Å². The molecule has 8 nitrogen and oxygen atoms in total. The Labute approximate surface area is 149 Å². The Bertz CT molecular complexity index is 677. The van der Waals surface area contributed by atoms with Gasteiger partial charge in [-0.1, -0.05) is 0 Å². The molecule has 9 heteroatoms. The molecule has 2 atom stereocenters. The lowest BCUT2D eigenvalue weighted by Gasteiger charge is -2.36. The number of nitrogens with one attached hydrogen (secondary N) is 1. The van der Waals surface area contributed by atoms with Gasteiger partial charge in [-0.25, -0.2) is 4.79 Å². The van der Waals surface area contributed by atoms with Crippen LogP contribution in [0.1, 0.15) is 20.3 Å². The molecule has 3 rings (SSSR count). The average molecular weight is 367 g/mol. The van der Waals surface area contributed by atoms with Crippen LogP contribution in [0.2, 0.25) is 0 Å². The SMILES string of the molecule is CC1(C)S[C@@H]2CC(=O)N2[C@H]1C(=O)O.NCC(=O)Nc1ccc(O)cc1. The summed E-state index contributed by atoms with van der Waals surface area (Å²) in [6.45, 7) is 3.71. The summed E-state index contributed by atoms with van der Waals surface area (Å²) in [4.78, 5) is 34.4. The molecule has 0 aliphatic carbocycles. The minimum absolute atomic E-state index is 0.0320. The minimum atomic E-state index is -0.895. The fourth-order valence-electron chi connectivity index (χ4n) is 2.73. The van der Waals surface area contributed by atoms with Crippen molar-refractivity contribution in [2.75, 3.05) is 11.9 Å². The number of nitrogens with two attached hydrogens (primary N) is 1. The minimum Gasteiger partial charge on any atom is -0.508 e. The second-order valence-corrected chi connectivity index (χ2v) is 8.05. The first-order chi connectivity index (χ1) is 11.7. The van der Waals surface area contributed by atoms with Crippen LogP contribution in [0, 0.1) is 0 Å². The van der Waals surface area contributed by atoms with Gasteiger partial charge in [-0.2, -0.15) is 0 Å². The summed E-state index contributed by atoms with van der Waals surface area (Å²) < 4.78 is -0.358. The summed E-state index contributed by atoms with van der Waals surface area (Å²) in [5, 5.41) is 20.5. The largest absolute Gasteiger partial charge is 0.508 e. The van der Waals surface area contributed by atoms with Crippen LogP contribution in [-0.2, 0) is 14.4 Å². The van der Waals surface area contributed by atoms with Gasteiger partial charge in [0.25, 0.3) is 0 Å². The molecule has 0 unspecified atom stereocenters. The molecule has 2 fully saturated rings. The number of thioether (sulfide) groups is 1. The molecule has 25 heavy (non-hydrogen) atoms. The van der Waals surface area contributed by atoms with E-state index in [1.165, 1.54) is 17.0 Å². The van der Waals surface area contributed by atoms with E-state index in [-0.39, 0.29) is 34.2 Å². The molecule has 1 aromatic carbocycles. The van der Waals surface area contributed by atoms with Crippen molar-refractivity contribution in [3.63, 3.8) is 0 Å². The molecule has 0 saturated carbocycles. The molecule has 2 aliphatic rings. The molecule has 0 radical (unpaired) electrons. The van der Waals surface area contributed by atoms with Crippen LogP contribution in [0.15, 0.2) is 24.3 Å². The van der Waals surface area contributed by atoms with E-state index in [4.69, 9.17) is 15.9 Å². The highest BCUT2D eigenvalue weighted by Crippen LogP contribution is 2.50. The third-order valence-electron chi connectivity index (χ3n) is 3.89. The number of phenols is 1. The fourth-order valence-corrected chi connectivity index (χ4v) is 4.36. The predicted molar refractivity (Wildman–Crippen MR) is 94.1 cm³/mol. The zero-order chi connectivity index (χ0) is 18.8. The lowest BCUT2D eigenvalue weighted by atomic mass is 9.98. The van der Waals surface area contributed by atoms with Gasteiger partial charge >= 0.3 is 5.97 Å². The number of carboxylic acids is 1. The number of amides is 2. The highest BCUT2D eigenvalue weighted by atomic mass is 32.2. The Morgan fingerprint density at radius 1 is 1.36 bits per heavy atom. The van der Waals surface area contributed by atoms with Crippen molar-refractivity contribution in [2.45, 2.75) is 36.4 Å². The molecular weight excluding hydrogens is 346 g/mol. The van der Waals surface area contributed by atoms with Crippen LogP contribution >= 0.6 is 11.8 Å². The van der Waals surface area contributed by atoms with Crippen molar-refractivity contribution in [3.8, 4) is 5.75 Å². The number of carboxylic acid groups (broad SMARTS) is 1. The van der Waals surface area contributed by atoms with E-state index >= 15 is 0 Å². The van der Waals surface area contributed by atoms with Crippen molar-refractivity contribution in [1.82, 2.24) is 4.90 Å². The topological polar surface area (TPSA) is 133 Å². The third kappa shape index (κ3) is 4.23. The maximum atomic E-state index is 11.2. The predicted octanol–water partition coefficient (Wildman–Crippen LogP) is 0.813. The monoisotopic (exact) mass is 367 g/mol. The summed E-state index contributed by atoms with van der Waals surface area (Å²) in [6, 6.07) is 5.54. The smallest absolute Gasteiger partial charge is 0.327 e. The van der Waals surface area contributed by atoms with Gasteiger partial charge in [0.1, 0.15) is 11.8 Å². The molecule has 136 valence electrons. The zero-order valence-electron chi connectivity index (χ0n) is 13.9. The number of β-lactam (4-membered cyclic amide) rings is 1. The van der Waals surface area contributed by atoms with Crippen LogP contribution in [0.3, 0.4) is 0 Å². The van der Waals surface area contributed by atoms with Crippen molar-refractivity contribution >= 4 is 35.2 Å². The standard InChI is InChI=1S/C8H10N2O2.C8H11NO3S/c9-5-8(12)10-6-1-3-7(11)4-2-6;1-8(2)6(7(11)12)9-4(10)3-5(9)13-8/h1-4,11H,5,9H2,(H,10,12);5-6H,3H2,1-2H3,(H,11,12)/t;5-,6+/m.1/s1. The highest BCUT2D eigenvalue weighted by molar-refractivity contribution is 8.01. The highest BCUT2D eigenvalue weighted by Gasteiger charge is 2.58. The average Bonchev–Trinajstić information content (AvgIpc) is 2.76. The van der Waals surface area contributed by atoms with E-state index < -0.39 is 12.0 Å². The zero-order valence-corrected chi connectivity index (χ0v) is 14.7. The van der Waals surface area contributed by atoms with Crippen molar-refractivity contribution in [3.05, 3.63) is 24.3 Å². The summed E-state index contributed by atoms with van der Waals surface area (Å²) in [7, 11) is 0. The number of phenolic OH excluding ortho intramolecular Hbond substituents is 1. The van der Waals surface area contributed by atoms with Crippen LogP contribution in [0.25, 0.3) is 0 Å². The van der Waals surface area contributed by atoms with E-state index in [1.54, 1.807) is 23.9 Å². The number of aromatic hydroxyl groups is 1. The molecule has 2 aliphatic heterocycles. The summed E-state index contributed by atoms with van der Waals surface area (Å²) >= 11 is 1.58. The van der Waals surface area contributed by atoms with Gasteiger partial charge in [0, 0.05) is 10.4 Å². The third-order valence-corrected chi connectivity index (χ3v) is 5.39. The second-order valence-electron chi connectivity index (χ2n) is 6.22. The summed E-state index contributed by atoms with van der Waals surface area (Å²) in [6.07, 6.45) is 0.498. The lowest BCUT2D eigenvalue weighted by Crippen LogP contribution is -2.56. The number of nitrogens with zero attached hydrogens (tertiary/aromatic N) is 1. The number of benzene rings is 1. The maximum Gasteiger partial charge on any atom is 0.327 e. The molecular formula is C16H21N3O5S. The lowest BCUT2D eigenvalue weighted by molar-refractivity contribution is -0.157. The Morgan fingerprint density at radius 3 is 2.40 bits per heavy atom. The normalized spacial score (nSPS) is 23.0. The van der Waals surface area contributed by atoms with Gasteiger partial charge in [0.15, 0.2) is 0 Å². The van der Waals surface area contributed by atoms with Gasteiger partial charge in [-0.15, -0.1) is 11.8 Å². The molecule has 5 N–H and O–H groups in total. The first kappa shape index (κ1) is 19.1. The first-order valence-corrected chi connectivity index (χ1v) is 8.54. The van der Waals surface area contributed by atoms with E-state index in [1.807, 2.05) is 13.8 Å². The molecule has 0 bridgehead atoms. The Balaban J connectivity index is 0.000000181. The van der Waals surface area contributed by atoms with Crippen molar-refractivity contribution in [2.24, 2.45) is 5.73 Å². The van der Waals surface area contributed by atoms with E-state index in [0.717, 1.165) is 0 Å². The van der Waals surface area contributed by atoms with E-state index in [2.05, 4.69) is 5.32 Å². The van der Waals surface area contributed by atoms with Crippen LogP contribution in [-0.4, -0.2) is 55.6 Å². The number of fused-ring (bicyclic) bond motifs is 1. The summed E-state index contributed by atoms with van der Waals surface area (Å²) in [5.41, 5.74) is 5.72.